The molecule has 132 valence electrons. The van der Waals surface area contributed by atoms with E-state index in [0.29, 0.717) is 29.3 Å². The Balaban J connectivity index is 1.89. The van der Waals surface area contributed by atoms with Gasteiger partial charge in [0.2, 0.25) is 11.8 Å². The molecule has 1 atom stereocenters. The van der Waals surface area contributed by atoms with Gasteiger partial charge in [-0.05, 0) is 32.0 Å². The van der Waals surface area contributed by atoms with Crippen LogP contribution in [0.25, 0.3) is 11.6 Å². The average molecular weight is 333 g/mol. The van der Waals surface area contributed by atoms with Crippen LogP contribution in [0.5, 0.6) is 0 Å². The predicted molar refractivity (Wildman–Crippen MR) is 92.8 cm³/mol. The van der Waals surface area contributed by atoms with Gasteiger partial charge in [-0.3, -0.25) is 9.47 Å². The second-order valence-electron chi connectivity index (χ2n) is 6.73. The molecule has 7 heteroatoms. The summed E-state index contributed by atoms with van der Waals surface area (Å²) in [6.45, 7) is 10.2. The smallest absolute Gasteiger partial charge is 0.227 e. The topological polar surface area (TPSA) is 70.6 Å². The van der Waals surface area contributed by atoms with E-state index < -0.39 is 0 Å². The summed E-state index contributed by atoms with van der Waals surface area (Å²) < 4.78 is 7.72. The van der Waals surface area contributed by atoms with Gasteiger partial charge in [0.25, 0.3) is 0 Å². The van der Waals surface area contributed by atoms with Crippen LogP contribution in [0.15, 0.2) is 16.5 Å². The zero-order chi connectivity index (χ0) is 17.3. The fraction of sp³-hybridized carbons (Fsp3) is 0.647. The third-order valence-electron chi connectivity index (χ3n) is 4.83. The van der Waals surface area contributed by atoms with Crippen molar-refractivity contribution in [3.8, 4) is 11.6 Å². The van der Waals surface area contributed by atoms with Gasteiger partial charge in [-0.15, -0.1) is 10.2 Å². The quantitative estimate of drug-likeness (QED) is 0.900. The minimum Gasteiger partial charge on any atom is -0.455 e. The lowest BCUT2D eigenvalue weighted by atomic mass is 10.0. The number of aromatic nitrogens is 3. The number of aliphatic hydroxyl groups excluding tert-OH is 1. The van der Waals surface area contributed by atoms with Crippen molar-refractivity contribution in [2.45, 2.75) is 40.0 Å². The molecule has 0 bridgehead atoms. The lowest BCUT2D eigenvalue weighted by Gasteiger charge is -2.41. The number of hydrogen-bond acceptors (Lipinski definition) is 6. The van der Waals surface area contributed by atoms with E-state index in [1.54, 1.807) is 6.07 Å². The van der Waals surface area contributed by atoms with Crippen LogP contribution in [0.1, 0.15) is 26.5 Å². The summed E-state index contributed by atoms with van der Waals surface area (Å²) in [5.74, 6) is 3.39. The molecule has 2 aromatic heterocycles. The molecular formula is C17H27N5O2. The fourth-order valence-corrected chi connectivity index (χ4v) is 3.39. The fourth-order valence-electron chi connectivity index (χ4n) is 3.39. The summed E-state index contributed by atoms with van der Waals surface area (Å²) >= 11 is 0. The molecule has 0 aliphatic carbocycles. The van der Waals surface area contributed by atoms with Gasteiger partial charge in [0.05, 0.1) is 0 Å². The van der Waals surface area contributed by atoms with Gasteiger partial charge >= 0.3 is 0 Å². The lowest BCUT2D eigenvalue weighted by Crippen LogP contribution is -2.54. The second-order valence-corrected chi connectivity index (χ2v) is 6.73. The van der Waals surface area contributed by atoms with Gasteiger partial charge < -0.3 is 14.4 Å². The predicted octanol–water partition coefficient (Wildman–Crippen LogP) is 1.83. The van der Waals surface area contributed by atoms with Crippen molar-refractivity contribution in [3.05, 3.63) is 17.9 Å². The van der Waals surface area contributed by atoms with Crippen LogP contribution < -0.4 is 4.90 Å². The van der Waals surface area contributed by atoms with Crippen molar-refractivity contribution in [1.82, 2.24) is 19.7 Å². The Bertz CT molecular complexity index is 678. The minimum atomic E-state index is -0.109. The molecule has 0 unspecified atom stereocenters. The summed E-state index contributed by atoms with van der Waals surface area (Å²) in [5, 5.41) is 18.0. The summed E-state index contributed by atoms with van der Waals surface area (Å²) in [7, 11) is 2.19. The third kappa shape index (κ3) is 3.06. The maximum atomic E-state index is 9.19. The molecule has 0 saturated carbocycles. The van der Waals surface area contributed by atoms with Crippen molar-refractivity contribution in [3.63, 3.8) is 0 Å². The summed E-state index contributed by atoms with van der Waals surface area (Å²) in [6, 6.07) is 4.12. The Hall–Kier alpha value is -1.86. The zero-order valence-electron chi connectivity index (χ0n) is 14.9. The van der Waals surface area contributed by atoms with E-state index in [1.807, 2.05) is 6.07 Å². The van der Waals surface area contributed by atoms with Gasteiger partial charge in [-0.1, -0.05) is 13.8 Å². The van der Waals surface area contributed by atoms with Crippen LogP contribution in [0.4, 0.5) is 5.95 Å². The molecule has 0 radical (unpaired) electrons. The number of anilines is 1. The molecular weight excluding hydrogens is 306 g/mol. The minimum absolute atomic E-state index is 0.109. The molecule has 1 aliphatic rings. The third-order valence-corrected chi connectivity index (χ3v) is 4.83. The zero-order valence-corrected chi connectivity index (χ0v) is 14.9. The molecule has 1 fully saturated rings. The Morgan fingerprint density at radius 1 is 1.29 bits per heavy atom. The van der Waals surface area contributed by atoms with Crippen LogP contribution in [-0.2, 0) is 13.2 Å². The van der Waals surface area contributed by atoms with E-state index >= 15 is 0 Å². The van der Waals surface area contributed by atoms with E-state index in [2.05, 4.69) is 52.4 Å². The van der Waals surface area contributed by atoms with Crippen molar-refractivity contribution >= 4 is 5.95 Å². The SMILES string of the molecule is CCn1c(-c2ccc(CO)o2)nnc1N1CCN(C)[C@@H](C(C)C)C1. The first kappa shape index (κ1) is 17.0. The Morgan fingerprint density at radius 2 is 2.08 bits per heavy atom. The average Bonchev–Trinajstić information content (AvgIpc) is 3.21. The van der Waals surface area contributed by atoms with Crippen molar-refractivity contribution in [2.75, 3.05) is 31.6 Å². The number of piperazine rings is 1. The van der Waals surface area contributed by atoms with Crippen molar-refractivity contribution in [2.24, 2.45) is 5.92 Å². The monoisotopic (exact) mass is 333 g/mol. The first-order valence-electron chi connectivity index (χ1n) is 8.63. The first-order valence-corrected chi connectivity index (χ1v) is 8.63. The highest BCUT2D eigenvalue weighted by atomic mass is 16.4. The highest BCUT2D eigenvalue weighted by Crippen LogP contribution is 2.27. The van der Waals surface area contributed by atoms with Crippen LogP contribution >= 0.6 is 0 Å². The molecule has 3 rings (SSSR count). The van der Waals surface area contributed by atoms with Crippen molar-refractivity contribution < 1.29 is 9.52 Å². The van der Waals surface area contributed by atoms with Crippen LogP contribution in [0.3, 0.4) is 0 Å². The number of nitrogens with zero attached hydrogens (tertiary/aromatic N) is 5. The second kappa shape index (κ2) is 6.94. The first-order chi connectivity index (χ1) is 11.5. The summed E-state index contributed by atoms with van der Waals surface area (Å²) in [4.78, 5) is 4.75. The van der Waals surface area contributed by atoms with Crippen molar-refractivity contribution in [1.29, 1.82) is 0 Å². The van der Waals surface area contributed by atoms with E-state index in [1.165, 1.54) is 0 Å². The summed E-state index contributed by atoms with van der Waals surface area (Å²) in [6.07, 6.45) is 0. The van der Waals surface area contributed by atoms with Gasteiger partial charge in [0, 0.05) is 32.2 Å². The standard InChI is InChI=1S/C17H27N5O2/c1-5-22-16(15-7-6-13(11-23)24-15)18-19-17(22)21-9-8-20(4)14(10-21)12(2)3/h6-7,12,14,23H,5,8-11H2,1-4H3/t14-/m1/s1. The molecule has 0 amide bonds. The Labute approximate surface area is 142 Å². The molecule has 2 aromatic rings. The molecule has 24 heavy (non-hydrogen) atoms. The molecule has 7 nitrogen and oxygen atoms in total. The number of rotatable bonds is 5. The molecule has 1 saturated heterocycles. The van der Waals surface area contributed by atoms with Crippen LogP contribution in [0, 0.1) is 5.92 Å². The van der Waals surface area contributed by atoms with Gasteiger partial charge in [0.1, 0.15) is 12.4 Å². The number of aliphatic hydroxyl groups is 1. The Morgan fingerprint density at radius 3 is 2.71 bits per heavy atom. The summed E-state index contributed by atoms with van der Waals surface area (Å²) in [5.41, 5.74) is 0. The maximum absolute atomic E-state index is 9.19. The van der Waals surface area contributed by atoms with E-state index in [9.17, 15) is 5.11 Å². The lowest BCUT2D eigenvalue weighted by molar-refractivity contribution is 0.172. The molecule has 1 aliphatic heterocycles. The molecule has 3 heterocycles. The maximum Gasteiger partial charge on any atom is 0.227 e. The van der Waals surface area contributed by atoms with E-state index in [-0.39, 0.29) is 6.61 Å². The van der Waals surface area contributed by atoms with Crippen LogP contribution in [-0.4, -0.2) is 57.5 Å². The van der Waals surface area contributed by atoms with Gasteiger partial charge in [0.15, 0.2) is 5.76 Å². The largest absolute Gasteiger partial charge is 0.455 e. The highest BCUT2D eigenvalue weighted by Gasteiger charge is 2.30. The molecule has 1 N–H and O–H groups in total. The molecule has 0 aromatic carbocycles. The molecule has 0 spiro atoms. The number of hydrogen-bond donors (Lipinski definition) is 1. The van der Waals surface area contributed by atoms with Gasteiger partial charge in [-0.25, -0.2) is 0 Å². The normalized spacial score (nSPS) is 19.4. The highest BCUT2D eigenvalue weighted by molar-refractivity contribution is 5.51. The number of likely N-dealkylation sites (N-methyl/N-ethyl adjacent to an activating group) is 1. The van der Waals surface area contributed by atoms with E-state index in [4.69, 9.17) is 4.42 Å². The van der Waals surface area contributed by atoms with E-state index in [0.717, 1.165) is 32.1 Å². The number of furan rings is 1. The van der Waals surface area contributed by atoms with Crippen LogP contribution in [0.2, 0.25) is 0 Å². The Kier molecular flexibility index (Phi) is 4.91. The van der Waals surface area contributed by atoms with Gasteiger partial charge in [-0.2, -0.15) is 0 Å².